The van der Waals surface area contributed by atoms with Gasteiger partial charge in [0.2, 0.25) is 5.91 Å². The summed E-state index contributed by atoms with van der Waals surface area (Å²) in [5, 5.41) is 8.67. The molecule has 1 aromatic carbocycles. The molecule has 0 spiro atoms. The Labute approximate surface area is 184 Å². The van der Waals surface area contributed by atoms with Crippen molar-refractivity contribution in [2.24, 2.45) is 7.05 Å². The molecule has 8 heteroatoms. The van der Waals surface area contributed by atoms with Gasteiger partial charge >= 0.3 is 0 Å². The molecule has 2 unspecified atom stereocenters. The van der Waals surface area contributed by atoms with Crippen LogP contribution < -0.4 is 10.9 Å². The molecule has 1 aliphatic rings. The van der Waals surface area contributed by atoms with Gasteiger partial charge in [0.25, 0.3) is 5.56 Å². The standard InChI is InChI=1S/C24H23N5O3/c1-28-13-17(18-4-2-3-5-21(18)28)12-23(30)26-20-14-32-15-22(20)29-24(31)7-6-19(27-29)16-8-10-25-11-9-16/h2-11,13,20,22H,12,14-15H2,1H3,(H,26,30). The number of fused-ring (bicyclic) bond motifs is 1. The van der Waals surface area contributed by atoms with Crippen LogP contribution >= 0.6 is 0 Å². The van der Waals surface area contributed by atoms with Crippen LogP contribution in [-0.4, -0.2) is 44.5 Å². The molecule has 1 fully saturated rings. The first-order valence-electron chi connectivity index (χ1n) is 10.5. The van der Waals surface area contributed by atoms with Crippen molar-refractivity contribution in [2.75, 3.05) is 13.2 Å². The summed E-state index contributed by atoms with van der Waals surface area (Å²) in [7, 11) is 1.97. The smallest absolute Gasteiger partial charge is 0.267 e. The molecule has 0 saturated carbocycles. The monoisotopic (exact) mass is 429 g/mol. The number of pyridine rings is 1. The number of amides is 1. The van der Waals surface area contributed by atoms with Crippen LogP contribution in [0.5, 0.6) is 0 Å². The van der Waals surface area contributed by atoms with Crippen LogP contribution in [0.2, 0.25) is 0 Å². The average Bonchev–Trinajstić information content (AvgIpc) is 3.39. The minimum Gasteiger partial charge on any atom is -0.377 e. The Morgan fingerprint density at radius 2 is 1.94 bits per heavy atom. The lowest BCUT2D eigenvalue weighted by molar-refractivity contribution is -0.121. The second-order valence-corrected chi connectivity index (χ2v) is 7.98. The van der Waals surface area contributed by atoms with E-state index in [1.165, 1.54) is 10.7 Å². The Morgan fingerprint density at radius 3 is 2.78 bits per heavy atom. The number of nitrogens with one attached hydrogen (secondary N) is 1. The highest BCUT2D eigenvalue weighted by Gasteiger charge is 2.32. The molecule has 0 radical (unpaired) electrons. The quantitative estimate of drug-likeness (QED) is 0.525. The third kappa shape index (κ3) is 3.80. The second-order valence-electron chi connectivity index (χ2n) is 7.98. The summed E-state index contributed by atoms with van der Waals surface area (Å²) in [6.45, 7) is 0.644. The number of hydrogen-bond donors (Lipinski definition) is 1. The minimum atomic E-state index is -0.374. The van der Waals surface area contributed by atoms with Crippen molar-refractivity contribution in [2.45, 2.75) is 18.5 Å². The van der Waals surface area contributed by atoms with Crippen molar-refractivity contribution in [3.05, 3.63) is 83.0 Å². The van der Waals surface area contributed by atoms with Gasteiger partial charge in [0.15, 0.2) is 0 Å². The fraction of sp³-hybridized carbons (Fsp3) is 0.250. The summed E-state index contributed by atoms with van der Waals surface area (Å²) < 4.78 is 9.07. The number of hydrogen-bond acceptors (Lipinski definition) is 5. The van der Waals surface area contributed by atoms with E-state index < -0.39 is 0 Å². The molecule has 32 heavy (non-hydrogen) atoms. The summed E-state index contributed by atoms with van der Waals surface area (Å²) in [4.78, 5) is 29.5. The maximum absolute atomic E-state index is 12.9. The van der Waals surface area contributed by atoms with E-state index in [1.54, 1.807) is 18.5 Å². The maximum Gasteiger partial charge on any atom is 0.267 e. The predicted molar refractivity (Wildman–Crippen MR) is 120 cm³/mol. The van der Waals surface area contributed by atoms with Gasteiger partial charge in [-0.3, -0.25) is 14.6 Å². The molecule has 5 rings (SSSR count). The topological polar surface area (TPSA) is 91.0 Å². The van der Waals surface area contributed by atoms with Crippen molar-refractivity contribution in [1.29, 1.82) is 0 Å². The first-order valence-corrected chi connectivity index (χ1v) is 10.5. The number of rotatable bonds is 5. The zero-order valence-electron chi connectivity index (χ0n) is 17.6. The lowest BCUT2D eigenvalue weighted by Crippen LogP contribution is -2.44. The first kappa shape index (κ1) is 20.1. The van der Waals surface area contributed by atoms with Crippen LogP contribution in [0.15, 0.2) is 71.9 Å². The number of para-hydroxylation sites is 1. The molecule has 4 aromatic rings. The summed E-state index contributed by atoms with van der Waals surface area (Å²) in [6, 6.07) is 14.2. The molecule has 1 N–H and O–H groups in total. The number of carbonyl (C=O) groups excluding carboxylic acids is 1. The summed E-state index contributed by atoms with van der Waals surface area (Å²) in [6.07, 6.45) is 5.60. The molecule has 1 amide bonds. The fourth-order valence-corrected chi connectivity index (χ4v) is 4.26. The van der Waals surface area contributed by atoms with Gasteiger partial charge in [-0.15, -0.1) is 0 Å². The van der Waals surface area contributed by atoms with E-state index in [2.05, 4.69) is 15.4 Å². The van der Waals surface area contributed by atoms with Gasteiger partial charge < -0.3 is 14.6 Å². The maximum atomic E-state index is 12.9. The highest BCUT2D eigenvalue weighted by atomic mass is 16.5. The molecular formula is C24H23N5O3. The third-order valence-electron chi connectivity index (χ3n) is 5.84. The number of nitrogens with zero attached hydrogens (tertiary/aromatic N) is 4. The molecule has 0 bridgehead atoms. The molecular weight excluding hydrogens is 406 g/mol. The molecule has 3 aromatic heterocycles. The van der Waals surface area contributed by atoms with Gasteiger partial charge in [-0.2, -0.15) is 5.10 Å². The number of carbonyl (C=O) groups is 1. The van der Waals surface area contributed by atoms with Gasteiger partial charge in [0.05, 0.1) is 31.4 Å². The fourth-order valence-electron chi connectivity index (χ4n) is 4.26. The van der Waals surface area contributed by atoms with Crippen LogP contribution in [0.4, 0.5) is 0 Å². The molecule has 4 heterocycles. The lowest BCUT2D eigenvalue weighted by atomic mass is 10.1. The van der Waals surface area contributed by atoms with E-state index in [9.17, 15) is 9.59 Å². The molecule has 1 saturated heterocycles. The minimum absolute atomic E-state index is 0.111. The van der Waals surface area contributed by atoms with Gasteiger partial charge in [-0.1, -0.05) is 18.2 Å². The predicted octanol–water partition coefficient (Wildman–Crippen LogP) is 2.10. The highest BCUT2D eigenvalue weighted by Crippen LogP contribution is 2.22. The molecule has 0 aliphatic carbocycles. The highest BCUT2D eigenvalue weighted by molar-refractivity contribution is 5.89. The zero-order chi connectivity index (χ0) is 22.1. The molecule has 162 valence electrons. The van der Waals surface area contributed by atoms with E-state index in [1.807, 2.05) is 54.2 Å². The molecule has 2 atom stereocenters. The summed E-state index contributed by atoms with van der Waals surface area (Å²) >= 11 is 0. The van der Waals surface area contributed by atoms with E-state index in [-0.39, 0.29) is 30.0 Å². The zero-order valence-corrected chi connectivity index (χ0v) is 17.6. The Hall–Kier alpha value is -3.78. The average molecular weight is 429 g/mol. The largest absolute Gasteiger partial charge is 0.377 e. The number of aromatic nitrogens is 4. The van der Waals surface area contributed by atoms with Gasteiger partial charge in [-0.25, -0.2) is 4.68 Å². The van der Waals surface area contributed by atoms with Crippen LogP contribution in [0, 0.1) is 0 Å². The van der Waals surface area contributed by atoms with Crippen molar-refractivity contribution in [3.8, 4) is 11.3 Å². The van der Waals surface area contributed by atoms with Crippen molar-refractivity contribution in [1.82, 2.24) is 24.6 Å². The van der Waals surface area contributed by atoms with Gasteiger partial charge in [0, 0.05) is 48.2 Å². The third-order valence-corrected chi connectivity index (χ3v) is 5.84. The van der Waals surface area contributed by atoms with Gasteiger partial charge in [-0.05, 0) is 29.8 Å². The Balaban J connectivity index is 1.36. The van der Waals surface area contributed by atoms with Crippen LogP contribution in [0.3, 0.4) is 0 Å². The Kier molecular flexibility index (Phi) is 5.28. The number of ether oxygens (including phenoxy) is 1. The van der Waals surface area contributed by atoms with Crippen LogP contribution in [0.1, 0.15) is 11.6 Å². The summed E-state index contributed by atoms with van der Waals surface area (Å²) in [5.74, 6) is -0.111. The van der Waals surface area contributed by atoms with E-state index in [0.29, 0.717) is 18.9 Å². The summed E-state index contributed by atoms with van der Waals surface area (Å²) in [5.41, 5.74) is 3.35. The van der Waals surface area contributed by atoms with Crippen molar-refractivity contribution in [3.63, 3.8) is 0 Å². The second kappa shape index (κ2) is 8.39. The Bertz CT molecular complexity index is 1330. The normalized spacial score (nSPS) is 18.2. The Morgan fingerprint density at radius 1 is 1.12 bits per heavy atom. The SMILES string of the molecule is Cn1cc(CC(=O)NC2COCC2n2nc(-c3ccncc3)ccc2=O)c2ccccc21. The van der Waals surface area contributed by atoms with Crippen molar-refractivity contribution < 1.29 is 9.53 Å². The van der Waals surface area contributed by atoms with E-state index >= 15 is 0 Å². The van der Waals surface area contributed by atoms with E-state index in [0.717, 1.165) is 22.0 Å². The van der Waals surface area contributed by atoms with Crippen LogP contribution in [0.25, 0.3) is 22.2 Å². The van der Waals surface area contributed by atoms with Crippen molar-refractivity contribution >= 4 is 16.8 Å². The number of benzene rings is 1. The van der Waals surface area contributed by atoms with E-state index in [4.69, 9.17) is 4.74 Å². The lowest BCUT2D eigenvalue weighted by Gasteiger charge is -2.20. The van der Waals surface area contributed by atoms with Crippen LogP contribution in [-0.2, 0) is 23.0 Å². The number of aryl methyl sites for hydroxylation is 1. The first-order chi connectivity index (χ1) is 15.6. The molecule has 1 aliphatic heterocycles. The molecule has 8 nitrogen and oxygen atoms in total. The van der Waals surface area contributed by atoms with Gasteiger partial charge in [0.1, 0.15) is 6.04 Å².